The van der Waals surface area contributed by atoms with Gasteiger partial charge in [-0.3, -0.25) is 9.59 Å². The topological polar surface area (TPSA) is 44.0 Å². The van der Waals surface area contributed by atoms with Crippen molar-refractivity contribution >= 4 is 0 Å². The normalized spacial score (nSPS) is 10.4. The van der Waals surface area contributed by atoms with E-state index in [1.165, 1.54) is 9.13 Å². The standard InChI is InChI=1S/C16H18N2O2/c1-13(2)12-18-11-10-17(15(19)16(18)20)9-8-14-6-4-3-5-7-14/h3-7,10-11H,1,8-9,12H2,2H3. The average molecular weight is 270 g/mol. The van der Waals surface area contributed by atoms with Gasteiger partial charge in [0.2, 0.25) is 0 Å². The molecule has 0 fully saturated rings. The highest BCUT2D eigenvalue weighted by Gasteiger charge is 2.05. The van der Waals surface area contributed by atoms with Gasteiger partial charge in [0, 0.05) is 25.5 Å². The molecule has 0 amide bonds. The van der Waals surface area contributed by atoms with E-state index in [0.717, 1.165) is 17.6 Å². The Kier molecular flexibility index (Phi) is 4.35. The zero-order valence-electron chi connectivity index (χ0n) is 11.6. The van der Waals surface area contributed by atoms with Crippen molar-refractivity contribution < 1.29 is 0 Å². The number of hydrogen-bond acceptors (Lipinski definition) is 2. The van der Waals surface area contributed by atoms with E-state index >= 15 is 0 Å². The molecule has 4 nitrogen and oxygen atoms in total. The molecule has 4 heteroatoms. The summed E-state index contributed by atoms with van der Waals surface area (Å²) in [6, 6.07) is 9.89. The second-order valence-corrected chi connectivity index (χ2v) is 4.92. The van der Waals surface area contributed by atoms with Crippen molar-refractivity contribution in [3.05, 3.63) is 81.1 Å². The molecule has 2 rings (SSSR count). The molecule has 0 radical (unpaired) electrons. The van der Waals surface area contributed by atoms with Crippen molar-refractivity contribution in [1.82, 2.24) is 9.13 Å². The first-order chi connectivity index (χ1) is 9.58. The maximum atomic E-state index is 12.0. The summed E-state index contributed by atoms with van der Waals surface area (Å²) >= 11 is 0. The van der Waals surface area contributed by atoms with E-state index in [2.05, 4.69) is 6.58 Å². The Bertz CT molecular complexity index is 711. The zero-order chi connectivity index (χ0) is 14.5. The quantitative estimate of drug-likeness (QED) is 0.614. The maximum Gasteiger partial charge on any atom is 0.316 e. The van der Waals surface area contributed by atoms with Crippen LogP contribution in [0.25, 0.3) is 0 Å². The summed E-state index contributed by atoms with van der Waals surface area (Å²) in [6.07, 6.45) is 4.03. The third-order valence-electron chi connectivity index (χ3n) is 3.06. The first kappa shape index (κ1) is 14.1. The molecule has 0 N–H and O–H groups in total. The minimum Gasteiger partial charge on any atom is -0.309 e. The van der Waals surface area contributed by atoms with E-state index in [4.69, 9.17) is 0 Å². The minimum atomic E-state index is -0.497. The molecule has 104 valence electrons. The molecule has 0 saturated heterocycles. The van der Waals surface area contributed by atoms with Gasteiger partial charge in [-0.1, -0.05) is 42.5 Å². The first-order valence-electron chi connectivity index (χ1n) is 6.56. The molecule has 20 heavy (non-hydrogen) atoms. The van der Waals surface area contributed by atoms with Gasteiger partial charge in [-0.25, -0.2) is 0 Å². The summed E-state index contributed by atoms with van der Waals surface area (Å²) in [5, 5.41) is 0. The van der Waals surface area contributed by atoms with Crippen LogP contribution in [-0.2, 0) is 19.5 Å². The Morgan fingerprint density at radius 3 is 2.30 bits per heavy atom. The van der Waals surface area contributed by atoms with E-state index in [1.807, 2.05) is 37.3 Å². The summed E-state index contributed by atoms with van der Waals surface area (Å²) in [5.41, 5.74) is 1.01. The van der Waals surface area contributed by atoms with Crippen LogP contribution in [0.1, 0.15) is 12.5 Å². The number of rotatable bonds is 5. The van der Waals surface area contributed by atoms with Crippen LogP contribution < -0.4 is 11.1 Å². The summed E-state index contributed by atoms with van der Waals surface area (Å²) in [4.78, 5) is 23.9. The molecule has 1 aromatic heterocycles. The lowest BCUT2D eigenvalue weighted by Crippen LogP contribution is -2.40. The smallest absolute Gasteiger partial charge is 0.309 e. The van der Waals surface area contributed by atoms with Crippen molar-refractivity contribution in [3.8, 4) is 0 Å². The Morgan fingerprint density at radius 2 is 1.65 bits per heavy atom. The van der Waals surface area contributed by atoms with Gasteiger partial charge < -0.3 is 9.13 Å². The number of benzene rings is 1. The lowest BCUT2D eigenvalue weighted by molar-refractivity contribution is 0.620. The summed E-state index contributed by atoms with van der Waals surface area (Å²) < 4.78 is 2.86. The van der Waals surface area contributed by atoms with Gasteiger partial charge in [0.25, 0.3) is 0 Å². The number of allylic oxidation sites excluding steroid dienone is 1. The molecule has 1 aromatic carbocycles. The third kappa shape index (κ3) is 3.35. The lowest BCUT2D eigenvalue weighted by Gasteiger charge is -2.08. The number of aryl methyl sites for hydroxylation is 2. The van der Waals surface area contributed by atoms with Crippen LogP contribution in [0.15, 0.2) is 64.5 Å². The Balaban J connectivity index is 2.18. The maximum absolute atomic E-state index is 12.0. The Labute approximate surface area is 117 Å². The van der Waals surface area contributed by atoms with Crippen LogP contribution in [0.5, 0.6) is 0 Å². The SMILES string of the molecule is C=C(C)Cn1ccn(CCc2ccccc2)c(=O)c1=O. The van der Waals surface area contributed by atoms with Crippen LogP contribution >= 0.6 is 0 Å². The van der Waals surface area contributed by atoms with Crippen molar-refractivity contribution in [2.45, 2.75) is 26.4 Å². The molecule has 0 atom stereocenters. The Hall–Kier alpha value is -2.36. The van der Waals surface area contributed by atoms with Gasteiger partial charge in [0.15, 0.2) is 0 Å². The number of nitrogens with zero attached hydrogens (tertiary/aromatic N) is 2. The average Bonchev–Trinajstić information content (AvgIpc) is 2.44. The van der Waals surface area contributed by atoms with E-state index in [9.17, 15) is 9.59 Å². The molecular weight excluding hydrogens is 252 g/mol. The fraction of sp³-hybridized carbons (Fsp3) is 0.250. The second kappa shape index (κ2) is 6.19. The third-order valence-corrected chi connectivity index (χ3v) is 3.06. The van der Waals surface area contributed by atoms with Gasteiger partial charge in [-0.2, -0.15) is 0 Å². The molecule has 0 saturated carbocycles. The molecule has 0 aliphatic carbocycles. The van der Waals surface area contributed by atoms with Crippen molar-refractivity contribution in [1.29, 1.82) is 0 Å². The Morgan fingerprint density at radius 1 is 1.05 bits per heavy atom. The van der Waals surface area contributed by atoms with Gasteiger partial charge in [-0.05, 0) is 18.9 Å². The van der Waals surface area contributed by atoms with Gasteiger partial charge >= 0.3 is 11.1 Å². The van der Waals surface area contributed by atoms with Crippen LogP contribution in [0.3, 0.4) is 0 Å². The fourth-order valence-corrected chi connectivity index (χ4v) is 2.03. The monoisotopic (exact) mass is 270 g/mol. The van der Waals surface area contributed by atoms with Crippen LogP contribution in [-0.4, -0.2) is 9.13 Å². The van der Waals surface area contributed by atoms with Crippen molar-refractivity contribution in [3.63, 3.8) is 0 Å². The van der Waals surface area contributed by atoms with Crippen LogP contribution in [0.4, 0.5) is 0 Å². The van der Waals surface area contributed by atoms with E-state index < -0.39 is 11.1 Å². The van der Waals surface area contributed by atoms with Gasteiger partial charge in [-0.15, -0.1) is 0 Å². The van der Waals surface area contributed by atoms with Crippen LogP contribution in [0.2, 0.25) is 0 Å². The summed E-state index contributed by atoms with van der Waals surface area (Å²) in [7, 11) is 0. The van der Waals surface area contributed by atoms with Gasteiger partial charge in [0.05, 0.1) is 0 Å². The first-order valence-corrected chi connectivity index (χ1v) is 6.56. The molecule has 0 bridgehead atoms. The summed E-state index contributed by atoms with van der Waals surface area (Å²) in [6.45, 7) is 6.47. The molecule has 0 aliphatic heterocycles. The van der Waals surface area contributed by atoms with E-state index in [-0.39, 0.29) is 0 Å². The molecule has 0 unspecified atom stereocenters. The zero-order valence-corrected chi connectivity index (χ0v) is 11.6. The highest BCUT2D eigenvalue weighted by molar-refractivity contribution is 5.14. The lowest BCUT2D eigenvalue weighted by atomic mass is 10.1. The highest BCUT2D eigenvalue weighted by atomic mass is 16.2. The second-order valence-electron chi connectivity index (χ2n) is 4.92. The predicted octanol–water partition coefficient (Wildman–Crippen LogP) is 1.83. The molecule has 0 spiro atoms. The molecule has 0 aliphatic rings. The van der Waals surface area contributed by atoms with E-state index in [0.29, 0.717) is 13.1 Å². The van der Waals surface area contributed by atoms with Crippen LogP contribution in [0, 0.1) is 0 Å². The molecule has 2 aromatic rings. The summed E-state index contributed by atoms with van der Waals surface area (Å²) in [5.74, 6) is 0. The van der Waals surface area contributed by atoms with Crippen molar-refractivity contribution in [2.24, 2.45) is 0 Å². The fourth-order valence-electron chi connectivity index (χ4n) is 2.03. The predicted molar refractivity (Wildman–Crippen MR) is 79.9 cm³/mol. The number of aromatic nitrogens is 2. The number of hydrogen-bond donors (Lipinski definition) is 0. The highest BCUT2D eigenvalue weighted by Crippen LogP contribution is 2.00. The molecular formula is C16H18N2O2. The van der Waals surface area contributed by atoms with E-state index in [1.54, 1.807) is 12.4 Å². The van der Waals surface area contributed by atoms with Crippen molar-refractivity contribution in [2.75, 3.05) is 0 Å². The largest absolute Gasteiger partial charge is 0.316 e. The van der Waals surface area contributed by atoms with Gasteiger partial charge in [0.1, 0.15) is 0 Å². The minimum absolute atomic E-state index is 0.383. The molecule has 1 heterocycles.